The van der Waals surface area contributed by atoms with E-state index in [2.05, 4.69) is 20.8 Å². The second-order valence-corrected chi connectivity index (χ2v) is 5.40. The molecule has 0 aliphatic rings. The van der Waals surface area contributed by atoms with Gasteiger partial charge in [0.15, 0.2) is 5.82 Å². The number of aromatic nitrogens is 4. The fourth-order valence-corrected chi connectivity index (χ4v) is 2.67. The van der Waals surface area contributed by atoms with Crippen LogP contribution in [0.5, 0.6) is 0 Å². The van der Waals surface area contributed by atoms with Gasteiger partial charge in [0.25, 0.3) is 5.69 Å². The van der Waals surface area contributed by atoms with Gasteiger partial charge in [-0.05, 0) is 35.7 Å². The maximum atomic E-state index is 11.3. The van der Waals surface area contributed by atoms with E-state index < -0.39 is 11.0 Å². The molecule has 1 atom stereocenters. The van der Waals surface area contributed by atoms with Crippen LogP contribution >= 0.6 is 11.6 Å². The molecule has 8 nitrogen and oxygen atoms in total. The number of hydrogen-bond acceptors (Lipinski definition) is 6. The van der Waals surface area contributed by atoms with Gasteiger partial charge in [-0.15, -0.1) is 5.10 Å². The summed E-state index contributed by atoms with van der Waals surface area (Å²) in [6, 6.07) is 13.0. The normalized spacial score (nSPS) is 12.1. The molecule has 0 saturated heterocycles. The van der Waals surface area contributed by atoms with Crippen LogP contribution in [0.15, 0.2) is 48.5 Å². The van der Waals surface area contributed by atoms with Crippen molar-refractivity contribution in [3.8, 4) is 5.69 Å². The lowest BCUT2D eigenvalue weighted by Gasteiger charge is -2.16. The molecule has 0 saturated carbocycles. The summed E-state index contributed by atoms with van der Waals surface area (Å²) in [6.45, 7) is 0. The van der Waals surface area contributed by atoms with Crippen molar-refractivity contribution in [3.05, 3.63) is 75.1 Å². The maximum absolute atomic E-state index is 11.3. The van der Waals surface area contributed by atoms with Crippen LogP contribution < -0.4 is 5.32 Å². The number of benzene rings is 2. The highest BCUT2D eigenvalue weighted by atomic mass is 35.5. The molecule has 1 N–H and O–H groups in total. The number of nitro groups is 1. The average Bonchev–Trinajstić information content (AvgIpc) is 3.05. The van der Waals surface area contributed by atoms with Gasteiger partial charge >= 0.3 is 0 Å². The minimum Gasteiger partial charge on any atom is -0.306 e. The molecule has 0 fully saturated rings. The van der Waals surface area contributed by atoms with Crippen LogP contribution in [0.4, 0.5) is 5.69 Å². The van der Waals surface area contributed by atoms with Crippen molar-refractivity contribution in [1.29, 1.82) is 0 Å². The Balaban J connectivity index is 2.12. The summed E-state index contributed by atoms with van der Waals surface area (Å²) in [5.41, 5.74) is 1.14. The van der Waals surface area contributed by atoms with Crippen LogP contribution in [0.2, 0.25) is 5.02 Å². The van der Waals surface area contributed by atoms with Crippen LogP contribution in [0, 0.1) is 10.1 Å². The average molecular weight is 345 g/mol. The predicted molar refractivity (Wildman–Crippen MR) is 88.2 cm³/mol. The summed E-state index contributed by atoms with van der Waals surface area (Å²) in [5.74, 6) is 0.425. The van der Waals surface area contributed by atoms with E-state index >= 15 is 0 Å². The second-order valence-electron chi connectivity index (χ2n) is 4.97. The topological polar surface area (TPSA) is 98.8 Å². The molecule has 0 aliphatic carbocycles. The largest absolute Gasteiger partial charge is 0.306 e. The minimum atomic E-state index is -0.555. The fraction of sp³-hybridized carbons (Fsp3) is 0.133. The highest BCUT2D eigenvalue weighted by Crippen LogP contribution is 2.29. The van der Waals surface area contributed by atoms with Crippen LogP contribution in [0.25, 0.3) is 5.69 Å². The molecule has 1 aromatic heterocycles. The number of halogens is 1. The third kappa shape index (κ3) is 2.97. The second kappa shape index (κ2) is 6.73. The van der Waals surface area contributed by atoms with Gasteiger partial charge in [-0.3, -0.25) is 10.1 Å². The lowest BCUT2D eigenvalue weighted by molar-refractivity contribution is -0.385. The zero-order chi connectivity index (χ0) is 17.1. The first-order chi connectivity index (χ1) is 11.6. The molecule has 24 heavy (non-hydrogen) atoms. The van der Waals surface area contributed by atoms with Crippen molar-refractivity contribution in [1.82, 2.24) is 25.5 Å². The third-order valence-corrected chi connectivity index (χ3v) is 3.77. The Hall–Kier alpha value is -2.84. The Labute approximate surface area is 142 Å². The van der Waals surface area contributed by atoms with Gasteiger partial charge in [-0.1, -0.05) is 35.9 Å². The van der Waals surface area contributed by atoms with E-state index in [9.17, 15) is 10.1 Å². The molecular formula is C15H13ClN6O2. The first-order valence-electron chi connectivity index (χ1n) is 7.06. The first-order valence-corrected chi connectivity index (χ1v) is 7.44. The van der Waals surface area contributed by atoms with E-state index in [0.717, 1.165) is 0 Å². The summed E-state index contributed by atoms with van der Waals surface area (Å²) in [4.78, 5) is 10.9. The lowest BCUT2D eigenvalue weighted by atomic mass is 10.0. The van der Waals surface area contributed by atoms with Crippen molar-refractivity contribution in [3.63, 3.8) is 0 Å². The summed E-state index contributed by atoms with van der Waals surface area (Å²) >= 11 is 6.02. The maximum Gasteiger partial charge on any atom is 0.274 e. The number of hydrogen-bond donors (Lipinski definition) is 1. The van der Waals surface area contributed by atoms with Crippen LogP contribution in [0.3, 0.4) is 0 Å². The smallest absolute Gasteiger partial charge is 0.274 e. The van der Waals surface area contributed by atoms with Gasteiger partial charge in [0.1, 0.15) is 6.04 Å². The van der Waals surface area contributed by atoms with E-state index in [1.165, 1.54) is 10.7 Å². The number of nitrogens with zero attached hydrogens (tertiary/aromatic N) is 5. The minimum absolute atomic E-state index is 0.00232. The van der Waals surface area contributed by atoms with Gasteiger partial charge in [0, 0.05) is 11.1 Å². The highest BCUT2D eigenvalue weighted by Gasteiger charge is 2.27. The molecule has 0 aliphatic heterocycles. The Morgan fingerprint density at radius 2 is 2.04 bits per heavy atom. The number of tetrazole rings is 1. The van der Waals surface area contributed by atoms with Gasteiger partial charge < -0.3 is 5.32 Å². The number of rotatable bonds is 5. The van der Waals surface area contributed by atoms with Gasteiger partial charge in [-0.25, -0.2) is 0 Å². The van der Waals surface area contributed by atoms with Crippen LogP contribution in [0.1, 0.15) is 17.4 Å². The van der Waals surface area contributed by atoms with Gasteiger partial charge in [-0.2, -0.15) is 4.68 Å². The Kier molecular flexibility index (Phi) is 4.50. The molecule has 9 heteroatoms. The van der Waals surface area contributed by atoms with E-state index in [1.807, 2.05) is 0 Å². The molecule has 0 bridgehead atoms. The van der Waals surface area contributed by atoms with E-state index in [1.54, 1.807) is 49.5 Å². The summed E-state index contributed by atoms with van der Waals surface area (Å²) in [7, 11) is 1.69. The van der Waals surface area contributed by atoms with Crippen molar-refractivity contribution < 1.29 is 4.92 Å². The van der Waals surface area contributed by atoms with Crippen molar-refractivity contribution in [2.45, 2.75) is 6.04 Å². The highest BCUT2D eigenvalue weighted by molar-refractivity contribution is 6.30. The summed E-state index contributed by atoms with van der Waals surface area (Å²) < 4.78 is 1.50. The Morgan fingerprint density at radius 1 is 1.25 bits per heavy atom. The molecule has 2 aromatic carbocycles. The van der Waals surface area contributed by atoms with E-state index in [-0.39, 0.29) is 5.69 Å². The molecule has 3 aromatic rings. The first kappa shape index (κ1) is 16.0. The van der Waals surface area contributed by atoms with Gasteiger partial charge in [0.05, 0.1) is 16.2 Å². The molecular weight excluding hydrogens is 332 g/mol. The van der Waals surface area contributed by atoms with Crippen LogP contribution in [-0.4, -0.2) is 32.2 Å². The molecule has 1 unspecified atom stereocenters. The van der Waals surface area contributed by atoms with Crippen molar-refractivity contribution >= 4 is 17.3 Å². The Morgan fingerprint density at radius 3 is 2.75 bits per heavy atom. The Bertz CT molecular complexity index is 882. The molecule has 122 valence electrons. The zero-order valence-corrected chi connectivity index (χ0v) is 13.4. The third-order valence-electron chi connectivity index (χ3n) is 3.54. The van der Waals surface area contributed by atoms with E-state index in [4.69, 9.17) is 11.6 Å². The molecule has 3 rings (SSSR count). The van der Waals surface area contributed by atoms with Crippen molar-refractivity contribution in [2.75, 3.05) is 7.05 Å². The van der Waals surface area contributed by atoms with E-state index in [0.29, 0.717) is 22.1 Å². The molecule has 0 radical (unpaired) electrons. The summed E-state index contributed by atoms with van der Waals surface area (Å²) in [5, 5.41) is 26.6. The quantitative estimate of drug-likeness (QED) is 0.564. The fourth-order valence-electron chi connectivity index (χ4n) is 2.49. The monoisotopic (exact) mass is 344 g/mol. The molecule has 0 amide bonds. The van der Waals surface area contributed by atoms with Crippen LogP contribution in [-0.2, 0) is 0 Å². The van der Waals surface area contributed by atoms with Crippen molar-refractivity contribution in [2.24, 2.45) is 0 Å². The van der Waals surface area contributed by atoms with Gasteiger partial charge in [0.2, 0.25) is 0 Å². The number of nitrogens with one attached hydrogen (secondary N) is 1. The summed E-state index contributed by atoms with van der Waals surface area (Å²) in [6.07, 6.45) is 0. The zero-order valence-electron chi connectivity index (χ0n) is 12.6. The molecule has 0 spiro atoms. The lowest BCUT2D eigenvalue weighted by Crippen LogP contribution is -2.23. The number of nitro benzene ring substituents is 1. The SMILES string of the molecule is CNC(c1ccccc1[N+](=O)[O-])c1nnnn1-c1cccc(Cl)c1. The number of para-hydroxylation sites is 1. The standard InChI is InChI=1S/C15H13ClN6O2/c1-17-14(12-7-2-3-8-13(12)22(23)24)15-18-19-20-21(15)11-6-4-5-10(16)9-11/h2-9,14,17H,1H3. The predicted octanol–water partition coefficient (Wildman–Crippen LogP) is 2.53. The molecule has 1 heterocycles.